The highest BCUT2D eigenvalue weighted by Gasteiger charge is 2.33. The number of fused-ring (bicyclic) bond motifs is 1. The van der Waals surface area contributed by atoms with Crippen molar-refractivity contribution < 1.29 is 0 Å². The van der Waals surface area contributed by atoms with Gasteiger partial charge in [0.1, 0.15) is 4.83 Å². The molecule has 0 saturated heterocycles. The Morgan fingerprint density at radius 3 is 3.21 bits per heavy atom. The smallest absolute Gasteiger partial charge is 0.224 e. The molecule has 72 valence electrons. The van der Waals surface area contributed by atoms with Crippen LogP contribution < -0.4 is 11.1 Å². The maximum Gasteiger partial charge on any atom is 0.224 e. The lowest BCUT2D eigenvalue weighted by molar-refractivity contribution is 0.984. The van der Waals surface area contributed by atoms with Gasteiger partial charge in [0.05, 0.1) is 0 Å². The Hall–Kier alpha value is -1.20. The van der Waals surface area contributed by atoms with Crippen molar-refractivity contribution in [3.05, 3.63) is 17.6 Å². The fraction of sp³-hybridized carbons (Fsp3) is 0.333. The van der Waals surface area contributed by atoms with Crippen molar-refractivity contribution >= 4 is 27.5 Å². The molecule has 2 heterocycles. The highest BCUT2D eigenvalue weighted by molar-refractivity contribution is 7.16. The fourth-order valence-corrected chi connectivity index (χ4v) is 2.11. The molecular weight excluding hydrogens is 196 g/mol. The zero-order valence-corrected chi connectivity index (χ0v) is 8.29. The third-order valence-electron chi connectivity index (χ3n) is 2.36. The van der Waals surface area contributed by atoms with E-state index >= 15 is 0 Å². The van der Waals surface area contributed by atoms with E-state index in [0.717, 1.165) is 16.6 Å². The summed E-state index contributed by atoms with van der Waals surface area (Å²) in [6.07, 6.45) is 2.86. The summed E-state index contributed by atoms with van der Waals surface area (Å²) in [7, 11) is 0. The molecule has 0 radical (unpaired) electrons. The highest BCUT2D eigenvalue weighted by Crippen LogP contribution is 2.24. The van der Waals surface area contributed by atoms with E-state index in [1.54, 1.807) is 11.3 Å². The number of rotatable bonds is 2. The lowest BCUT2D eigenvalue weighted by Gasteiger charge is -2.01. The second-order valence-corrected chi connectivity index (χ2v) is 4.42. The molecule has 14 heavy (non-hydrogen) atoms. The summed E-state index contributed by atoms with van der Waals surface area (Å²) in [6.45, 7) is 0. The number of nitrogens with zero attached hydrogens (tertiary/aromatic N) is 2. The largest absolute Gasteiger partial charge is 0.350 e. The third-order valence-corrected chi connectivity index (χ3v) is 3.18. The predicted octanol–water partition coefficient (Wildman–Crippen LogP) is 1.20. The first-order valence-electron chi connectivity index (χ1n) is 4.55. The Balaban J connectivity index is 1.89. The minimum Gasteiger partial charge on any atom is -0.350 e. The van der Waals surface area contributed by atoms with E-state index in [0.29, 0.717) is 12.0 Å². The lowest BCUT2D eigenvalue weighted by Crippen LogP contribution is -2.14. The number of nitrogens with two attached hydrogens (primary N) is 1. The molecule has 1 fully saturated rings. The molecule has 0 amide bonds. The van der Waals surface area contributed by atoms with Gasteiger partial charge in [0.15, 0.2) is 0 Å². The lowest BCUT2D eigenvalue weighted by atomic mass is 10.4. The number of aromatic nitrogens is 2. The minimum atomic E-state index is 0.276. The van der Waals surface area contributed by atoms with Crippen LogP contribution in [-0.4, -0.2) is 22.1 Å². The average molecular weight is 206 g/mol. The van der Waals surface area contributed by atoms with Crippen molar-refractivity contribution in [2.75, 3.05) is 5.32 Å². The van der Waals surface area contributed by atoms with Gasteiger partial charge >= 0.3 is 0 Å². The maximum absolute atomic E-state index is 5.69. The van der Waals surface area contributed by atoms with Crippen molar-refractivity contribution in [1.82, 2.24) is 9.97 Å². The highest BCUT2D eigenvalue weighted by atomic mass is 32.1. The normalized spacial score (nSPS) is 25.2. The zero-order chi connectivity index (χ0) is 9.54. The molecule has 0 spiro atoms. The van der Waals surface area contributed by atoms with Gasteiger partial charge in [-0.3, -0.25) is 0 Å². The first kappa shape index (κ1) is 8.14. The van der Waals surface area contributed by atoms with Crippen molar-refractivity contribution in [3.63, 3.8) is 0 Å². The van der Waals surface area contributed by atoms with Crippen LogP contribution in [-0.2, 0) is 0 Å². The molecule has 1 aliphatic rings. The predicted molar refractivity (Wildman–Crippen MR) is 57.4 cm³/mol. The molecule has 4 nitrogen and oxygen atoms in total. The Morgan fingerprint density at radius 2 is 2.43 bits per heavy atom. The Labute approximate surface area is 85.2 Å². The van der Waals surface area contributed by atoms with Gasteiger partial charge in [-0.25, -0.2) is 9.97 Å². The fourth-order valence-electron chi connectivity index (χ4n) is 1.37. The summed E-state index contributed by atoms with van der Waals surface area (Å²) in [5.41, 5.74) is 5.69. The van der Waals surface area contributed by atoms with Crippen LogP contribution >= 0.6 is 11.3 Å². The van der Waals surface area contributed by atoms with E-state index in [2.05, 4.69) is 15.3 Å². The van der Waals surface area contributed by atoms with Gasteiger partial charge in [-0.05, 0) is 17.9 Å². The Bertz CT molecular complexity index is 467. The molecular formula is C9H10N4S. The van der Waals surface area contributed by atoms with Crippen molar-refractivity contribution in [1.29, 1.82) is 0 Å². The van der Waals surface area contributed by atoms with Crippen LogP contribution in [0.4, 0.5) is 5.95 Å². The Morgan fingerprint density at radius 1 is 1.57 bits per heavy atom. The van der Waals surface area contributed by atoms with E-state index in [4.69, 9.17) is 5.73 Å². The summed E-state index contributed by atoms with van der Waals surface area (Å²) in [5, 5.41) is 6.32. The molecule has 0 aliphatic heterocycles. The first-order valence-corrected chi connectivity index (χ1v) is 5.43. The quantitative estimate of drug-likeness (QED) is 0.775. The third kappa shape index (κ3) is 1.34. The summed E-state index contributed by atoms with van der Waals surface area (Å²) in [4.78, 5) is 9.64. The summed E-state index contributed by atoms with van der Waals surface area (Å²) < 4.78 is 0. The second kappa shape index (κ2) is 2.90. The van der Waals surface area contributed by atoms with Crippen LogP contribution in [0.2, 0.25) is 0 Å². The molecule has 0 bridgehead atoms. The average Bonchev–Trinajstić information content (AvgIpc) is 2.70. The van der Waals surface area contributed by atoms with Crippen LogP contribution in [0, 0.1) is 0 Å². The molecule has 2 atom stereocenters. The summed E-state index contributed by atoms with van der Waals surface area (Å²) in [5.74, 6) is 0.693. The van der Waals surface area contributed by atoms with E-state index in [-0.39, 0.29) is 6.04 Å². The van der Waals surface area contributed by atoms with E-state index in [1.807, 2.05) is 17.6 Å². The standard InChI is InChI=1S/C9H10N4S/c10-6-3-7(6)12-9-11-4-5-1-2-14-8(5)13-9/h1-2,4,6-7H,3,10H2,(H,11,12,13). The van der Waals surface area contributed by atoms with Crippen LogP contribution in [0.5, 0.6) is 0 Å². The van der Waals surface area contributed by atoms with Crippen LogP contribution in [0.1, 0.15) is 6.42 Å². The van der Waals surface area contributed by atoms with Crippen LogP contribution in [0.25, 0.3) is 10.2 Å². The first-order chi connectivity index (χ1) is 6.83. The Kier molecular flexibility index (Phi) is 1.68. The molecule has 2 aromatic rings. The maximum atomic E-state index is 5.69. The molecule has 2 unspecified atom stereocenters. The van der Waals surface area contributed by atoms with Crippen molar-refractivity contribution in [2.45, 2.75) is 18.5 Å². The number of anilines is 1. The topological polar surface area (TPSA) is 63.8 Å². The molecule has 5 heteroatoms. The number of hydrogen-bond donors (Lipinski definition) is 2. The van der Waals surface area contributed by atoms with Crippen LogP contribution in [0.15, 0.2) is 17.6 Å². The zero-order valence-electron chi connectivity index (χ0n) is 7.47. The molecule has 1 aliphatic carbocycles. The molecule has 3 rings (SSSR count). The van der Waals surface area contributed by atoms with E-state index in [1.165, 1.54) is 0 Å². The van der Waals surface area contributed by atoms with E-state index < -0.39 is 0 Å². The number of hydrogen-bond acceptors (Lipinski definition) is 5. The molecule has 1 saturated carbocycles. The van der Waals surface area contributed by atoms with Gasteiger partial charge in [-0.1, -0.05) is 0 Å². The second-order valence-electron chi connectivity index (χ2n) is 3.53. The molecule has 3 N–H and O–H groups in total. The number of nitrogens with one attached hydrogen (secondary N) is 1. The van der Waals surface area contributed by atoms with Gasteiger partial charge in [0.25, 0.3) is 0 Å². The van der Waals surface area contributed by atoms with Gasteiger partial charge in [0, 0.05) is 23.7 Å². The van der Waals surface area contributed by atoms with Crippen molar-refractivity contribution in [2.24, 2.45) is 5.73 Å². The van der Waals surface area contributed by atoms with Gasteiger partial charge in [-0.15, -0.1) is 11.3 Å². The van der Waals surface area contributed by atoms with Crippen LogP contribution in [0.3, 0.4) is 0 Å². The van der Waals surface area contributed by atoms with Gasteiger partial charge in [0.2, 0.25) is 5.95 Å². The summed E-state index contributed by atoms with van der Waals surface area (Å²) >= 11 is 1.63. The monoisotopic (exact) mass is 206 g/mol. The van der Waals surface area contributed by atoms with Crippen molar-refractivity contribution in [3.8, 4) is 0 Å². The molecule has 2 aromatic heterocycles. The minimum absolute atomic E-state index is 0.276. The molecule has 0 aromatic carbocycles. The number of thiophene rings is 1. The van der Waals surface area contributed by atoms with E-state index in [9.17, 15) is 0 Å². The van der Waals surface area contributed by atoms with Gasteiger partial charge < -0.3 is 11.1 Å². The SMILES string of the molecule is NC1CC1Nc1ncc2ccsc2n1. The van der Waals surface area contributed by atoms with Gasteiger partial charge in [-0.2, -0.15) is 0 Å². The summed E-state index contributed by atoms with van der Waals surface area (Å²) in [6, 6.07) is 2.66.